The Hall–Kier alpha value is -1.62. The number of amides is 1. The van der Waals surface area contributed by atoms with Gasteiger partial charge in [0, 0.05) is 6.20 Å². The van der Waals surface area contributed by atoms with Gasteiger partial charge in [-0.05, 0) is 39.8 Å². The van der Waals surface area contributed by atoms with Crippen LogP contribution in [0.5, 0.6) is 0 Å². The highest BCUT2D eigenvalue weighted by Gasteiger charge is 2.24. The number of ether oxygens (including phenoxy) is 1. The van der Waals surface area contributed by atoms with Crippen molar-refractivity contribution in [3.8, 4) is 0 Å². The lowest BCUT2D eigenvalue weighted by molar-refractivity contribution is -0.156. The van der Waals surface area contributed by atoms with E-state index in [1.54, 1.807) is 33.8 Å². The third kappa shape index (κ3) is 4.87. The minimum absolute atomic E-state index is 0.0939. The van der Waals surface area contributed by atoms with Crippen LogP contribution in [0.15, 0.2) is 18.3 Å². The van der Waals surface area contributed by atoms with Crippen molar-refractivity contribution < 1.29 is 14.3 Å². The molecule has 0 saturated carbocycles. The number of nitrogens with zero attached hydrogens (tertiary/aromatic N) is 1. The van der Waals surface area contributed by atoms with Gasteiger partial charge in [-0.25, -0.2) is 9.78 Å². The normalized spacial score (nSPS) is 12.7. The van der Waals surface area contributed by atoms with Crippen LogP contribution in [-0.4, -0.2) is 28.5 Å². The van der Waals surface area contributed by atoms with Gasteiger partial charge < -0.3 is 10.1 Å². The number of carbonyl (C=O) groups is 2. The fourth-order valence-electron chi connectivity index (χ4n) is 1.28. The molecule has 0 unspecified atom stereocenters. The van der Waals surface area contributed by atoms with Gasteiger partial charge >= 0.3 is 5.97 Å². The molecule has 1 aromatic heterocycles. The molecule has 0 spiro atoms. The molecule has 0 aromatic carbocycles. The van der Waals surface area contributed by atoms with Gasteiger partial charge in [0.05, 0.1) is 5.56 Å². The van der Waals surface area contributed by atoms with Crippen molar-refractivity contribution in [1.29, 1.82) is 0 Å². The highest BCUT2D eigenvalue weighted by molar-refractivity contribution is 6.32. The van der Waals surface area contributed by atoms with Gasteiger partial charge in [0.25, 0.3) is 5.91 Å². The van der Waals surface area contributed by atoms with Gasteiger partial charge in [-0.3, -0.25) is 4.79 Å². The molecule has 0 fully saturated rings. The fourth-order valence-corrected chi connectivity index (χ4v) is 1.48. The van der Waals surface area contributed by atoms with Crippen LogP contribution in [0.2, 0.25) is 5.15 Å². The van der Waals surface area contributed by atoms with E-state index in [4.69, 9.17) is 16.3 Å². The summed E-state index contributed by atoms with van der Waals surface area (Å²) < 4.78 is 5.16. The van der Waals surface area contributed by atoms with Gasteiger partial charge in [-0.2, -0.15) is 0 Å². The summed E-state index contributed by atoms with van der Waals surface area (Å²) in [7, 11) is 0. The summed E-state index contributed by atoms with van der Waals surface area (Å²) in [6.45, 7) is 6.84. The molecule has 1 aromatic rings. The Bertz CT molecular complexity index is 483. The second-order valence-corrected chi connectivity index (χ2v) is 5.43. The zero-order chi connectivity index (χ0) is 14.6. The highest BCUT2D eigenvalue weighted by atomic mass is 35.5. The summed E-state index contributed by atoms with van der Waals surface area (Å²) in [6, 6.07) is 2.37. The van der Waals surface area contributed by atoms with Crippen molar-refractivity contribution >= 4 is 23.5 Å². The summed E-state index contributed by atoms with van der Waals surface area (Å²) in [5.74, 6) is -0.961. The number of hydrogen-bond donors (Lipinski definition) is 1. The topological polar surface area (TPSA) is 68.3 Å². The minimum Gasteiger partial charge on any atom is -0.458 e. The number of esters is 1. The standard InChI is InChI=1S/C13H17ClN2O3/c1-8(12(18)19-13(2,3)4)16-11(17)9-6-5-7-15-10(9)14/h5-8H,1-4H3,(H,16,17)/t8-/m1/s1. The van der Waals surface area contributed by atoms with E-state index >= 15 is 0 Å². The van der Waals surface area contributed by atoms with E-state index in [0.717, 1.165) is 0 Å². The maximum atomic E-state index is 11.9. The van der Waals surface area contributed by atoms with Crippen molar-refractivity contribution in [2.45, 2.75) is 39.3 Å². The lowest BCUT2D eigenvalue weighted by atomic mass is 10.2. The predicted octanol–water partition coefficient (Wildman–Crippen LogP) is 2.20. The maximum absolute atomic E-state index is 11.9. The predicted molar refractivity (Wildman–Crippen MR) is 72.0 cm³/mol. The highest BCUT2D eigenvalue weighted by Crippen LogP contribution is 2.12. The molecule has 1 amide bonds. The van der Waals surface area contributed by atoms with Gasteiger partial charge in [0.15, 0.2) is 0 Å². The van der Waals surface area contributed by atoms with Gasteiger partial charge in [-0.15, -0.1) is 0 Å². The first-order valence-corrected chi connectivity index (χ1v) is 6.23. The van der Waals surface area contributed by atoms with Crippen LogP contribution in [0.4, 0.5) is 0 Å². The van der Waals surface area contributed by atoms with E-state index in [-0.39, 0.29) is 10.7 Å². The van der Waals surface area contributed by atoms with E-state index in [2.05, 4.69) is 10.3 Å². The first kappa shape index (κ1) is 15.4. The molecule has 1 heterocycles. The number of rotatable bonds is 3. The minimum atomic E-state index is -0.761. The van der Waals surface area contributed by atoms with Crippen LogP contribution in [-0.2, 0) is 9.53 Å². The summed E-state index contributed by atoms with van der Waals surface area (Å²) in [4.78, 5) is 27.4. The number of aromatic nitrogens is 1. The van der Waals surface area contributed by atoms with Gasteiger partial charge in [-0.1, -0.05) is 11.6 Å². The first-order chi connectivity index (χ1) is 8.70. The van der Waals surface area contributed by atoms with Gasteiger partial charge in [0.1, 0.15) is 16.8 Å². The van der Waals surface area contributed by atoms with Crippen LogP contribution >= 0.6 is 11.6 Å². The molecule has 6 heteroatoms. The number of halogens is 1. The third-order valence-corrected chi connectivity index (χ3v) is 2.41. The van der Waals surface area contributed by atoms with Crippen LogP contribution in [0.1, 0.15) is 38.1 Å². The largest absolute Gasteiger partial charge is 0.458 e. The molecule has 19 heavy (non-hydrogen) atoms. The van der Waals surface area contributed by atoms with Crippen LogP contribution in [0, 0.1) is 0 Å². The molecular weight excluding hydrogens is 268 g/mol. The molecular formula is C13H17ClN2O3. The maximum Gasteiger partial charge on any atom is 0.328 e. The zero-order valence-corrected chi connectivity index (χ0v) is 12.1. The van der Waals surface area contributed by atoms with E-state index in [1.165, 1.54) is 12.3 Å². The lowest BCUT2D eigenvalue weighted by Crippen LogP contribution is -2.42. The molecule has 0 aliphatic heterocycles. The Morgan fingerprint density at radius 3 is 2.58 bits per heavy atom. The summed E-state index contributed by atoms with van der Waals surface area (Å²) >= 11 is 5.80. The SMILES string of the molecule is C[C@@H](NC(=O)c1cccnc1Cl)C(=O)OC(C)(C)C. The second kappa shape index (κ2) is 6.02. The van der Waals surface area contributed by atoms with E-state index in [9.17, 15) is 9.59 Å². The van der Waals surface area contributed by atoms with Crippen LogP contribution < -0.4 is 5.32 Å². The van der Waals surface area contributed by atoms with Gasteiger partial charge in [0.2, 0.25) is 0 Å². The van der Waals surface area contributed by atoms with Crippen LogP contribution in [0.25, 0.3) is 0 Å². The molecule has 1 N–H and O–H groups in total. The fraction of sp³-hybridized carbons (Fsp3) is 0.462. The number of nitrogens with one attached hydrogen (secondary N) is 1. The zero-order valence-electron chi connectivity index (χ0n) is 11.4. The molecule has 0 aliphatic carbocycles. The summed E-state index contributed by atoms with van der Waals surface area (Å²) in [5.41, 5.74) is -0.373. The first-order valence-electron chi connectivity index (χ1n) is 5.85. The molecule has 1 atom stereocenters. The Labute approximate surface area is 117 Å². The monoisotopic (exact) mass is 284 g/mol. The lowest BCUT2D eigenvalue weighted by Gasteiger charge is -2.22. The summed E-state index contributed by atoms with van der Waals surface area (Å²) in [5, 5.41) is 2.62. The average molecular weight is 285 g/mol. The molecule has 0 saturated heterocycles. The van der Waals surface area contributed by atoms with Crippen molar-refractivity contribution in [3.63, 3.8) is 0 Å². The van der Waals surface area contributed by atoms with Crippen molar-refractivity contribution in [2.75, 3.05) is 0 Å². The van der Waals surface area contributed by atoms with Crippen LogP contribution in [0.3, 0.4) is 0 Å². The van der Waals surface area contributed by atoms with E-state index in [0.29, 0.717) is 0 Å². The Balaban J connectivity index is 2.67. The smallest absolute Gasteiger partial charge is 0.328 e. The van der Waals surface area contributed by atoms with E-state index < -0.39 is 23.5 Å². The van der Waals surface area contributed by atoms with E-state index in [1.807, 2.05) is 0 Å². The molecule has 5 nitrogen and oxygen atoms in total. The van der Waals surface area contributed by atoms with Crippen molar-refractivity contribution in [1.82, 2.24) is 10.3 Å². The average Bonchev–Trinajstić information content (AvgIpc) is 2.27. The number of hydrogen-bond acceptors (Lipinski definition) is 4. The second-order valence-electron chi connectivity index (χ2n) is 5.07. The Morgan fingerprint density at radius 2 is 2.05 bits per heavy atom. The van der Waals surface area contributed by atoms with Crippen molar-refractivity contribution in [2.24, 2.45) is 0 Å². The number of pyridine rings is 1. The Morgan fingerprint density at radius 1 is 1.42 bits per heavy atom. The molecule has 0 bridgehead atoms. The molecule has 1 rings (SSSR count). The molecule has 104 valence electrons. The summed E-state index contributed by atoms with van der Waals surface area (Å²) in [6.07, 6.45) is 1.48. The third-order valence-electron chi connectivity index (χ3n) is 2.11. The van der Waals surface area contributed by atoms with Crippen molar-refractivity contribution in [3.05, 3.63) is 29.0 Å². The number of carbonyl (C=O) groups excluding carboxylic acids is 2. The molecule has 0 aliphatic rings. The quantitative estimate of drug-likeness (QED) is 0.682. The Kier molecular flexibility index (Phi) is 4.89. The molecule has 0 radical (unpaired) electrons.